The molecule has 27 heavy (non-hydrogen) atoms. The highest BCUT2D eigenvalue weighted by atomic mass is 32.2. The minimum absolute atomic E-state index is 0.127. The molecule has 0 spiro atoms. The number of sulfone groups is 1. The molecule has 0 aliphatic heterocycles. The number of aromatic nitrogens is 1. The lowest BCUT2D eigenvalue weighted by molar-refractivity contribution is -0.134. The Morgan fingerprint density at radius 3 is 2.30 bits per heavy atom. The third-order valence-corrected chi connectivity index (χ3v) is 7.53. The Balaban J connectivity index is 2.87. The first-order valence-electron chi connectivity index (χ1n) is 8.47. The molecular formula is C17H26F3NO5S. The topological polar surface area (TPSA) is 97.5 Å². The molecule has 1 aromatic rings. The van der Waals surface area contributed by atoms with Crippen molar-refractivity contribution in [2.75, 3.05) is 5.75 Å². The lowest BCUT2D eigenvalue weighted by Crippen LogP contribution is -2.43. The molecule has 0 aliphatic rings. The van der Waals surface area contributed by atoms with E-state index in [9.17, 15) is 31.5 Å². The van der Waals surface area contributed by atoms with Crippen LogP contribution in [0.2, 0.25) is 0 Å². The van der Waals surface area contributed by atoms with E-state index in [1.807, 2.05) is 0 Å². The van der Waals surface area contributed by atoms with Gasteiger partial charge in [0.05, 0.1) is 24.0 Å². The monoisotopic (exact) mass is 413 g/mol. The zero-order chi connectivity index (χ0) is 21.3. The average molecular weight is 413 g/mol. The van der Waals surface area contributed by atoms with Crippen LogP contribution in [0.5, 0.6) is 0 Å². The number of aliphatic hydroxyl groups is 1. The molecule has 0 saturated heterocycles. The fourth-order valence-corrected chi connectivity index (χ4v) is 3.63. The summed E-state index contributed by atoms with van der Waals surface area (Å²) in [6.07, 6.45) is -7.38. The zero-order valence-electron chi connectivity index (χ0n) is 16.1. The molecule has 6 nitrogen and oxygen atoms in total. The van der Waals surface area contributed by atoms with Gasteiger partial charge in [-0.1, -0.05) is 19.0 Å². The van der Waals surface area contributed by atoms with Gasteiger partial charge in [0, 0.05) is 17.9 Å². The van der Waals surface area contributed by atoms with Crippen molar-refractivity contribution < 1.29 is 36.0 Å². The summed E-state index contributed by atoms with van der Waals surface area (Å²) in [4.78, 5) is 12.5. The SMILES string of the molecule is CC(O)C(C)(C)c1cc(CC(=O)C(C)(C)S(=O)(=O)CCCC(F)(F)F)on1. The van der Waals surface area contributed by atoms with Gasteiger partial charge < -0.3 is 9.63 Å². The number of ketones is 1. The molecule has 0 aliphatic carbocycles. The van der Waals surface area contributed by atoms with Crippen LogP contribution in [0.1, 0.15) is 58.9 Å². The Morgan fingerprint density at radius 2 is 1.81 bits per heavy atom. The lowest BCUT2D eigenvalue weighted by atomic mass is 9.84. The van der Waals surface area contributed by atoms with E-state index in [4.69, 9.17) is 4.52 Å². The van der Waals surface area contributed by atoms with Crippen LogP contribution in [0, 0.1) is 0 Å². The number of nitrogens with zero attached hydrogens (tertiary/aromatic N) is 1. The Labute approximate surface area is 157 Å². The Hall–Kier alpha value is -1.42. The minimum atomic E-state index is -4.45. The molecule has 1 N–H and O–H groups in total. The number of rotatable bonds is 9. The molecule has 0 aromatic carbocycles. The molecule has 1 aromatic heterocycles. The number of aliphatic hydroxyl groups excluding tert-OH is 1. The average Bonchev–Trinajstić information content (AvgIpc) is 2.94. The van der Waals surface area contributed by atoms with Crippen molar-refractivity contribution in [1.82, 2.24) is 5.16 Å². The molecule has 0 amide bonds. The zero-order valence-corrected chi connectivity index (χ0v) is 16.9. The van der Waals surface area contributed by atoms with E-state index >= 15 is 0 Å². The van der Waals surface area contributed by atoms with Crippen LogP contribution in [0.15, 0.2) is 10.6 Å². The number of Topliss-reactive ketones (excluding diaryl/α,β-unsaturated/α-hetero) is 1. The van der Waals surface area contributed by atoms with Crippen molar-refractivity contribution in [1.29, 1.82) is 0 Å². The summed E-state index contributed by atoms with van der Waals surface area (Å²) >= 11 is 0. The fraction of sp³-hybridized carbons (Fsp3) is 0.765. The Kier molecular flexibility index (Phi) is 6.92. The third-order valence-electron chi connectivity index (χ3n) is 4.92. The second-order valence-corrected chi connectivity index (χ2v) is 10.4. The maximum atomic E-state index is 12.5. The lowest BCUT2D eigenvalue weighted by Gasteiger charge is -2.24. The van der Waals surface area contributed by atoms with Crippen LogP contribution in [0.4, 0.5) is 13.2 Å². The normalized spacial score (nSPS) is 15.0. The highest BCUT2D eigenvalue weighted by Crippen LogP contribution is 2.29. The molecule has 1 atom stereocenters. The van der Waals surface area contributed by atoms with Crippen molar-refractivity contribution in [2.45, 2.75) is 76.3 Å². The van der Waals surface area contributed by atoms with Crippen LogP contribution >= 0.6 is 0 Å². The van der Waals surface area contributed by atoms with Gasteiger partial charge >= 0.3 is 6.18 Å². The highest BCUT2D eigenvalue weighted by molar-refractivity contribution is 7.93. The minimum Gasteiger partial charge on any atom is -0.392 e. The molecule has 10 heteroatoms. The first kappa shape index (κ1) is 23.6. The molecule has 0 fully saturated rings. The van der Waals surface area contributed by atoms with E-state index in [1.54, 1.807) is 20.8 Å². The van der Waals surface area contributed by atoms with E-state index in [0.29, 0.717) is 5.69 Å². The molecular weight excluding hydrogens is 387 g/mol. The maximum absolute atomic E-state index is 12.5. The second kappa shape index (κ2) is 7.90. The van der Waals surface area contributed by atoms with E-state index in [1.165, 1.54) is 19.9 Å². The fourth-order valence-electron chi connectivity index (χ4n) is 2.18. The number of hydrogen-bond acceptors (Lipinski definition) is 6. The van der Waals surface area contributed by atoms with E-state index in [0.717, 1.165) is 0 Å². The molecule has 1 rings (SSSR count). The third kappa shape index (κ3) is 5.78. The molecule has 0 saturated carbocycles. The molecule has 1 unspecified atom stereocenters. The first-order valence-corrected chi connectivity index (χ1v) is 10.1. The number of alkyl halides is 3. The predicted octanol–water partition coefficient (Wildman–Crippen LogP) is 2.98. The highest BCUT2D eigenvalue weighted by Gasteiger charge is 2.42. The van der Waals surface area contributed by atoms with Crippen LogP contribution < -0.4 is 0 Å². The van der Waals surface area contributed by atoms with Gasteiger partial charge in [-0.2, -0.15) is 13.2 Å². The van der Waals surface area contributed by atoms with Gasteiger partial charge in [-0.15, -0.1) is 0 Å². The van der Waals surface area contributed by atoms with Crippen molar-refractivity contribution in [3.8, 4) is 0 Å². The summed E-state index contributed by atoms with van der Waals surface area (Å²) in [5.41, 5.74) is -0.324. The Bertz CT molecular complexity index is 764. The van der Waals surface area contributed by atoms with Crippen molar-refractivity contribution in [2.24, 2.45) is 0 Å². The maximum Gasteiger partial charge on any atom is 0.389 e. The first-order chi connectivity index (χ1) is 12.0. The summed E-state index contributed by atoms with van der Waals surface area (Å²) < 4.78 is 64.6. The van der Waals surface area contributed by atoms with E-state index in [-0.39, 0.29) is 12.2 Å². The molecule has 156 valence electrons. The van der Waals surface area contributed by atoms with Crippen LogP contribution in [0.25, 0.3) is 0 Å². The number of halogens is 3. The smallest absolute Gasteiger partial charge is 0.389 e. The number of carbonyl (C=O) groups excluding carboxylic acids is 1. The second-order valence-electron chi connectivity index (χ2n) is 7.72. The van der Waals surface area contributed by atoms with Gasteiger partial charge in [-0.3, -0.25) is 4.79 Å². The predicted molar refractivity (Wildman–Crippen MR) is 93.1 cm³/mol. The summed E-state index contributed by atoms with van der Waals surface area (Å²) in [6.45, 7) is 7.40. The molecule has 1 heterocycles. The number of hydrogen-bond donors (Lipinski definition) is 1. The van der Waals surface area contributed by atoms with Gasteiger partial charge in [0.15, 0.2) is 15.6 Å². The van der Waals surface area contributed by atoms with Gasteiger partial charge in [0.25, 0.3) is 0 Å². The standard InChI is InChI=1S/C17H26F3NO5S/c1-11(22)15(2,3)13-9-12(26-21-13)10-14(23)16(4,5)27(24,25)8-6-7-17(18,19)20/h9,11,22H,6-8,10H2,1-5H3. The summed E-state index contributed by atoms with van der Waals surface area (Å²) in [5, 5.41) is 13.6. The van der Waals surface area contributed by atoms with Crippen LogP contribution in [-0.2, 0) is 26.5 Å². The largest absolute Gasteiger partial charge is 0.392 e. The summed E-state index contributed by atoms with van der Waals surface area (Å²) in [7, 11) is -4.09. The van der Waals surface area contributed by atoms with Gasteiger partial charge in [0.1, 0.15) is 10.5 Å². The van der Waals surface area contributed by atoms with Crippen molar-refractivity contribution in [3.63, 3.8) is 0 Å². The molecule has 0 bridgehead atoms. The van der Waals surface area contributed by atoms with Gasteiger partial charge in [0.2, 0.25) is 0 Å². The van der Waals surface area contributed by atoms with Crippen molar-refractivity contribution >= 4 is 15.6 Å². The van der Waals surface area contributed by atoms with E-state index < -0.39 is 56.7 Å². The van der Waals surface area contributed by atoms with E-state index in [2.05, 4.69) is 5.16 Å². The quantitative estimate of drug-likeness (QED) is 0.668. The van der Waals surface area contributed by atoms with Crippen LogP contribution in [-0.4, -0.2) is 47.2 Å². The number of carbonyl (C=O) groups is 1. The Morgan fingerprint density at radius 1 is 1.26 bits per heavy atom. The van der Waals surface area contributed by atoms with Crippen molar-refractivity contribution in [3.05, 3.63) is 17.5 Å². The molecule has 0 radical (unpaired) electrons. The summed E-state index contributed by atoms with van der Waals surface area (Å²) in [6, 6.07) is 1.47. The van der Waals surface area contributed by atoms with Crippen LogP contribution in [0.3, 0.4) is 0 Å². The summed E-state index contributed by atoms with van der Waals surface area (Å²) in [5.74, 6) is -1.31. The van der Waals surface area contributed by atoms with Gasteiger partial charge in [-0.25, -0.2) is 8.42 Å². The van der Waals surface area contributed by atoms with Gasteiger partial charge in [-0.05, 0) is 27.2 Å².